The second kappa shape index (κ2) is 6.48. The van der Waals surface area contributed by atoms with E-state index in [0.29, 0.717) is 6.54 Å². The molecule has 1 aliphatic rings. The Kier molecular flexibility index (Phi) is 4.54. The third-order valence-corrected chi connectivity index (χ3v) is 4.30. The zero-order valence-corrected chi connectivity index (χ0v) is 15.6. The summed E-state index contributed by atoms with van der Waals surface area (Å²) < 4.78 is 6.62. The number of nitrogens with one attached hydrogen (secondary N) is 1. The number of halogens is 1. The maximum atomic E-state index is 12.7. The second-order valence-corrected chi connectivity index (χ2v) is 7.77. The Hall–Kier alpha value is -2.01. The summed E-state index contributed by atoms with van der Waals surface area (Å²) in [5.41, 5.74) is 2.38. The van der Waals surface area contributed by atoms with Crippen molar-refractivity contribution in [2.75, 3.05) is 16.8 Å². The van der Waals surface area contributed by atoms with Crippen molar-refractivity contribution in [3.05, 3.63) is 58.6 Å². The van der Waals surface area contributed by atoms with Crippen molar-refractivity contribution in [2.45, 2.75) is 32.4 Å². The van der Waals surface area contributed by atoms with Gasteiger partial charge in [0, 0.05) is 4.47 Å². The Balaban J connectivity index is 1.92. The van der Waals surface area contributed by atoms with Gasteiger partial charge in [0.1, 0.15) is 5.60 Å². The van der Waals surface area contributed by atoms with Crippen molar-refractivity contribution >= 4 is 33.4 Å². The summed E-state index contributed by atoms with van der Waals surface area (Å²) in [6, 6.07) is 16.0. The van der Waals surface area contributed by atoms with Gasteiger partial charge in [0.2, 0.25) is 0 Å². The topological polar surface area (TPSA) is 41.6 Å². The van der Waals surface area contributed by atoms with E-state index in [2.05, 4.69) is 33.4 Å². The molecular weight excluding hydrogens is 368 g/mol. The Morgan fingerprint density at radius 1 is 1.17 bits per heavy atom. The molecule has 1 aliphatic heterocycles. The van der Waals surface area contributed by atoms with Gasteiger partial charge >= 0.3 is 6.09 Å². The van der Waals surface area contributed by atoms with Crippen molar-refractivity contribution in [1.82, 2.24) is 0 Å². The third-order valence-electron chi connectivity index (χ3n) is 3.78. The summed E-state index contributed by atoms with van der Waals surface area (Å²) >= 11 is 3.46. The first-order valence-electron chi connectivity index (χ1n) is 7.95. The van der Waals surface area contributed by atoms with E-state index in [4.69, 9.17) is 4.74 Å². The summed E-state index contributed by atoms with van der Waals surface area (Å²) in [6.07, 6.45) is -0.321. The average Bonchev–Trinajstić information content (AvgIpc) is 2.53. The summed E-state index contributed by atoms with van der Waals surface area (Å²) in [5.74, 6) is 0. The molecule has 0 fully saturated rings. The predicted molar refractivity (Wildman–Crippen MR) is 101 cm³/mol. The lowest BCUT2D eigenvalue weighted by Crippen LogP contribution is -2.43. The van der Waals surface area contributed by atoms with Gasteiger partial charge in [0.25, 0.3) is 0 Å². The van der Waals surface area contributed by atoms with Crippen LogP contribution >= 0.6 is 15.9 Å². The van der Waals surface area contributed by atoms with E-state index < -0.39 is 5.60 Å². The van der Waals surface area contributed by atoms with Gasteiger partial charge in [0.05, 0.1) is 24.0 Å². The van der Waals surface area contributed by atoms with Crippen LogP contribution in [0.3, 0.4) is 0 Å². The molecule has 126 valence electrons. The molecule has 0 aromatic heterocycles. The maximum Gasteiger partial charge on any atom is 0.414 e. The number of fused-ring (bicyclic) bond motifs is 1. The van der Waals surface area contributed by atoms with E-state index in [1.807, 2.05) is 57.2 Å². The van der Waals surface area contributed by atoms with E-state index in [1.54, 1.807) is 4.90 Å². The number of nitrogens with zero attached hydrogens (tertiary/aromatic N) is 1. The molecule has 4 nitrogen and oxygen atoms in total. The van der Waals surface area contributed by atoms with Crippen LogP contribution in [0.1, 0.15) is 32.4 Å². The molecule has 1 atom stereocenters. The number of rotatable bonds is 1. The molecule has 0 saturated heterocycles. The lowest BCUT2D eigenvalue weighted by molar-refractivity contribution is 0.0577. The molecule has 3 rings (SSSR count). The zero-order chi connectivity index (χ0) is 17.3. The Morgan fingerprint density at radius 3 is 2.50 bits per heavy atom. The number of para-hydroxylation sites is 2. The summed E-state index contributed by atoms with van der Waals surface area (Å²) in [7, 11) is 0. The highest BCUT2D eigenvalue weighted by molar-refractivity contribution is 9.10. The number of amides is 1. The lowest BCUT2D eigenvalue weighted by atomic mass is 10.0. The van der Waals surface area contributed by atoms with Gasteiger partial charge in [-0.1, -0.05) is 40.2 Å². The smallest absolute Gasteiger partial charge is 0.414 e. The van der Waals surface area contributed by atoms with Crippen molar-refractivity contribution in [2.24, 2.45) is 0 Å². The fourth-order valence-corrected chi connectivity index (χ4v) is 2.98. The van der Waals surface area contributed by atoms with Gasteiger partial charge in [-0.2, -0.15) is 0 Å². The van der Waals surface area contributed by atoms with Crippen LogP contribution < -0.4 is 10.2 Å². The van der Waals surface area contributed by atoms with Gasteiger partial charge in [-0.15, -0.1) is 0 Å². The predicted octanol–water partition coefficient (Wildman–Crippen LogP) is 5.36. The van der Waals surface area contributed by atoms with Crippen LogP contribution in [0, 0.1) is 0 Å². The maximum absolute atomic E-state index is 12.7. The third kappa shape index (κ3) is 3.73. The standard InChI is InChI=1S/C19H21BrN2O2/c1-19(2,3)24-18(23)22-12-16(13-8-10-14(20)11-9-13)21-15-6-4-5-7-17(15)22/h4-11,16,21H,12H2,1-3H3. The molecule has 2 aromatic rings. The van der Waals surface area contributed by atoms with Crippen LogP contribution in [-0.4, -0.2) is 18.2 Å². The first-order chi connectivity index (χ1) is 11.3. The Morgan fingerprint density at radius 2 is 1.83 bits per heavy atom. The molecule has 0 radical (unpaired) electrons. The van der Waals surface area contributed by atoms with E-state index in [-0.39, 0.29) is 12.1 Å². The molecule has 1 unspecified atom stereocenters. The van der Waals surface area contributed by atoms with Crippen LogP contribution in [0.4, 0.5) is 16.2 Å². The summed E-state index contributed by atoms with van der Waals surface area (Å²) in [5, 5.41) is 3.52. The van der Waals surface area contributed by atoms with Crippen LogP contribution in [0.15, 0.2) is 53.0 Å². The molecule has 1 heterocycles. The average molecular weight is 389 g/mol. The van der Waals surface area contributed by atoms with Crippen molar-refractivity contribution < 1.29 is 9.53 Å². The number of hydrogen-bond acceptors (Lipinski definition) is 3. The number of ether oxygens (including phenoxy) is 1. The van der Waals surface area contributed by atoms with Gasteiger partial charge in [-0.3, -0.25) is 4.90 Å². The fourth-order valence-electron chi connectivity index (χ4n) is 2.72. The second-order valence-electron chi connectivity index (χ2n) is 6.86. The zero-order valence-electron chi connectivity index (χ0n) is 14.0. The minimum Gasteiger partial charge on any atom is -0.443 e. The molecule has 1 amide bonds. The normalized spacial score (nSPS) is 17.0. The minimum absolute atomic E-state index is 0.0144. The lowest BCUT2D eigenvalue weighted by Gasteiger charge is -2.36. The van der Waals surface area contributed by atoms with Crippen LogP contribution in [0.25, 0.3) is 0 Å². The van der Waals surface area contributed by atoms with Gasteiger partial charge < -0.3 is 10.1 Å². The number of carbonyl (C=O) groups is 1. The van der Waals surface area contributed by atoms with Crippen molar-refractivity contribution in [3.8, 4) is 0 Å². The van der Waals surface area contributed by atoms with E-state index in [0.717, 1.165) is 21.4 Å². The minimum atomic E-state index is -0.524. The molecule has 0 aliphatic carbocycles. The van der Waals surface area contributed by atoms with Crippen LogP contribution in [0.2, 0.25) is 0 Å². The summed E-state index contributed by atoms with van der Waals surface area (Å²) in [4.78, 5) is 14.4. The quantitative estimate of drug-likeness (QED) is 0.714. The largest absolute Gasteiger partial charge is 0.443 e. The highest BCUT2D eigenvalue weighted by Gasteiger charge is 2.31. The van der Waals surface area contributed by atoms with Crippen molar-refractivity contribution in [1.29, 1.82) is 0 Å². The van der Waals surface area contributed by atoms with E-state index in [9.17, 15) is 4.79 Å². The fraction of sp³-hybridized carbons (Fsp3) is 0.316. The van der Waals surface area contributed by atoms with Crippen LogP contribution in [-0.2, 0) is 4.74 Å². The molecule has 0 spiro atoms. The molecule has 1 N–H and O–H groups in total. The highest BCUT2D eigenvalue weighted by Crippen LogP contribution is 2.36. The van der Waals surface area contributed by atoms with Crippen molar-refractivity contribution in [3.63, 3.8) is 0 Å². The Bertz CT molecular complexity index is 738. The van der Waals surface area contributed by atoms with Gasteiger partial charge in [0.15, 0.2) is 0 Å². The first kappa shape index (κ1) is 16.8. The number of anilines is 2. The number of hydrogen-bond donors (Lipinski definition) is 1. The monoisotopic (exact) mass is 388 g/mol. The SMILES string of the molecule is CC(C)(C)OC(=O)N1CC(c2ccc(Br)cc2)Nc2ccccc21. The molecule has 2 aromatic carbocycles. The Labute approximate surface area is 150 Å². The molecule has 0 saturated carbocycles. The van der Waals surface area contributed by atoms with E-state index >= 15 is 0 Å². The first-order valence-corrected chi connectivity index (χ1v) is 8.74. The number of benzene rings is 2. The van der Waals surface area contributed by atoms with Crippen LogP contribution in [0.5, 0.6) is 0 Å². The van der Waals surface area contributed by atoms with E-state index in [1.165, 1.54) is 0 Å². The summed E-state index contributed by atoms with van der Waals surface area (Å²) in [6.45, 7) is 6.16. The molecule has 5 heteroatoms. The van der Waals surface area contributed by atoms with Gasteiger partial charge in [-0.25, -0.2) is 4.79 Å². The molecule has 24 heavy (non-hydrogen) atoms. The number of carbonyl (C=O) groups excluding carboxylic acids is 1. The van der Waals surface area contributed by atoms with Gasteiger partial charge in [-0.05, 0) is 50.6 Å². The molecular formula is C19H21BrN2O2. The highest BCUT2D eigenvalue weighted by atomic mass is 79.9. The molecule has 0 bridgehead atoms.